The molecule has 6 heteroatoms. The lowest BCUT2D eigenvalue weighted by atomic mass is 10.1. The predicted molar refractivity (Wildman–Crippen MR) is 66.0 cm³/mol. The van der Waals surface area contributed by atoms with E-state index in [-0.39, 0.29) is 6.10 Å². The third-order valence-electron chi connectivity index (χ3n) is 2.89. The molecule has 2 unspecified atom stereocenters. The van der Waals surface area contributed by atoms with E-state index in [1.165, 1.54) is 6.33 Å². The molecule has 2 atom stereocenters. The van der Waals surface area contributed by atoms with Crippen LogP contribution < -0.4 is 11.1 Å². The van der Waals surface area contributed by atoms with Gasteiger partial charge in [0.25, 0.3) is 0 Å². The van der Waals surface area contributed by atoms with E-state index < -0.39 is 0 Å². The van der Waals surface area contributed by atoms with Gasteiger partial charge in [-0.3, -0.25) is 0 Å². The van der Waals surface area contributed by atoms with Crippen molar-refractivity contribution >= 4 is 27.6 Å². The zero-order valence-corrected chi connectivity index (χ0v) is 10.4. The summed E-state index contributed by atoms with van der Waals surface area (Å²) in [6.07, 6.45) is 4.13. The molecule has 0 aliphatic heterocycles. The average molecular weight is 287 g/mol. The number of aromatic nitrogens is 2. The number of rotatable bonds is 3. The number of nitrogen functional groups attached to an aromatic ring is 1. The Morgan fingerprint density at radius 2 is 2.31 bits per heavy atom. The molecule has 0 amide bonds. The largest absolute Gasteiger partial charge is 0.393 e. The van der Waals surface area contributed by atoms with Gasteiger partial charge in [-0.2, -0.15) is 0 Å². The minimum absolute atomic E-state index is 0.134. The van der Waals surface area contributed by atoms with Gasteiger partial charge in [-0.15, -0.1) is 0 Å². The van der Waals surface area contributed by atoms with Gasteiger partial charge in [0.1, 0.15) is 22.4 Å². The second-order valence-corrected chi connectivity index (χ2v) is 4.93. The Hall–Kier alpha value is -0.880. The summed E-state index contributed by atoms with van der Waals surface area (Å²) in [6.45, 7) is 0.812. The van der Waals surface area contributed by atoms with Crippen LogP contribution in [0.5, 0.6) is 0 Å². The molecule has 1 aromatic heterocycles. The Bertz CT molecular complexity index is 374. The monoisotopic (exact) mass is 286 g/mol. The van der Waals surface area contributed by atoms with Crippen LogP contribution >= 0.6 is 15.9 Å². The second-order valence-electron chi connectivity index (χ2n) is 4.14. The Kier molecular flexibility index (Phi) is 3.60. The van der Waals surface area contributed by atoms with Crippen molar-refractivity contribution in [3.8, 4) is 0 Å². The molecule has 0 radical (unpaired) electrons. The first-order chi connectivity index (χ1) is 7.66. The summed E-state index contributed by atoms with van der Waals surface area (Å²) in [7, 11) is 0. The van der Waals surface area contributed by atoms with Crippen molar-refractivity contribution in [2.75, 3.05) is 17.6 Å². The third kappa shape index (κ3) is 2.62. The maximum absolute atomic E-state index is 9.41. The highest BCUT2D eigenvalue weighted by Gasteiger charge is 2.22. The molecule has 0 bridgehead atoms. The van der Waals surface area contributed by atoms with Crippen LogP contribution in [0.25, 0.3) is 0 Å². The summed E-state index contributed by atoms with van der Waals surface area (Å²) in [5.41, 5.74) is 5.65. The van der Waals surface area contributed by atoms with Crippen molar-refractivity contribution in [3.05, 3.63) is 10.8 Å². The van der Waals surface area contributed by atoms with Crippen molar-refractivity contribution < 1.29 is 5.11 Å². The molecule has 5 nitrogen and oxygen atoms in total. The van der Waals surface area contributed by atoms with Crippen molar-refractivity contribution in [1.82, 2.24) is 9.97 Å². The number of halogens is 1. The van der Waals surface area contributed by atoms with Crippen LogP contribution in [-0.2, 0) is 0 Å². The molecule has 1 aliphatic rings. The van der Waals surface area contributed by atoms with E-state index in [2.05, 4.69) is 31.2 Å². The number of anilines is 2. The lowest BCUT2D eigenvalue weighted by Gasteiger charge is -2.12. The molecule has 1 saturated carbocycles. The van der Waals surface area contributed by atoms with E-state index in [1.54, 1.807) is 0 Å². The molecular weight excluding hydrogens is 272 g/mol. The van der Waals surface area contributed by atoms with Crippen LogP contribution in [0, 0.1) is 5.92 Å². The standard InChI is InChI=1S/C10H15BrN4O/c11-8-9(12)14-5-15-10(8)13-4-6-1-2-7(16)3-6/h5-7,16H,1-4H2,(H3,12,13,14,15). The fourth-order valence-corrected chi connectivity index (χ4v) is 2.33. The minimum Gasteiger partial charge on any atom is -0.393 e. The van der Waals surface area contributed by atoms with E-state index in [9.17, 15) is 5.11 Å². The van der Waals surface area contributed by atoms with Gasteiger partial charge in [0.15, 0.2) is 0 Å². The fourth-order valence-electron chi connectivity index (χ4n) is 1.98. The number of hydrogen-bond donors (Lipinski definition) is 3. The normalized spacial score (nSPS) is 24.6. The van der Waals surface area contributed by atoms with Crippen LogP contribution in [0.1, 0.15) is 19.3 Å². The zero-order valence-electron chi connectivity index (χ0n) is 8.86. The number of aliphatic hydroxyl groups is 1. The molecule has 1 aliphatic carbocycles. The number of aliphatic hydroxyl groups excluding tert-OH is 1. The van der Waals surface area contributed by atoms with Gasteiger partial charge in [0.05, 0.1) is 6.10 Å². The molecule has 4 N–H and O–H groups in total. The summed E-state index contributed by atoms with van der Waals surface area (Å²) < 4.78 is 0.702. The van der Waals surface area contributed by atoms with Gasteiger partial charge >= 0.3 is 0 Å². The summed E-state index contributed by atoms with van der Waals surface area (Å²) in [4.78, 5) is 7.98. The Labute approximate surface area is 103 Å². The SMILES string of the molecule is Nc1ncnc(NCC2CCC(O)C2)c1Br. The van der Waals surface area contributed by atoms with E-state index >= 15 is 0 Å². The molecule has 0 aromatic carbocycles. The summed E-state index contributed by atoms with van der Waals surface area (Å²) in [6, 6.07) is 0. The molecule has 2 rings (SSSR count). The first kappa shape index (κ1) is 11.6. The second kappa shape index (κ2) is 4.97. The van der Waals surface area contributed by atoms with Crippen molar-refractivity contribution in [3.63, 3.8) is 0 Å². The summed E-state index contributed by atoms with van der Waals surface area (Å²) in [5, 5.41) is 12.6. The topological polar surface area (TPSA) is 84.1 Å². The van der Waals surface area contributed by atoms with Crippen LogP contribution in [0.2, 0.25) is 0 Å². The van der Waals surface area contributed by atoms with E-state index in [0.29, 0.717) is 22.0 Å². The van der Waals surface area contributed by atoms with E-state index in [4.69, 9.17) is 5.73 Å². The van der Waals surface area contributed by atoms with E-state index in [1.807, 2.05) is 0 Å². The van der Waals surface area contributed by atoms with E-state index in [0.717, 1.165) is 25.8 Å². The number of nitrogens with one attached hydrogen (secondary N) is 1. The molecule has 0 spiro atoms. The van der Waals surface area contributed by atoms with Gasteiger partial charge < -0.3 is 16.2 Å². The lowest BCUT2D eigenvalue weighted by Crippen LogP contribution is -2.14. The molecule has 88 valence electrons. The van der Waals surface area contributed by atoms with Crippen molar-refractivity contribution in [2.24, 2.45) is 5.92 Å². The lowest BCUT2D eigenvalue weighted by molar-refractivity contribution is 0.178. The zero-order chi connectivity index (χ0) is 11.5. The van der Waals surface area contributed by atoms with Crippen molar-refractivity contribution in [2.45, 2.75) is 25.4 Å². The van der Waals surface area contributed by atoms with Gasteiger partial charge in [0.2, 0.25) is 0 Å². The number of nitrogens with zero attached hydrogens (tertiary/aromatic N) is 2. The minimum atomic E-state index is -0.134. The molecule has 1 heterocycles. The van der Waals surface area contributed by atoms with Crippen LogP contribution in [0.15, 0.2) is 10.8 Å². The first-order valence-electron chi connectivity index (χ1n) is 5.34. The first-order valence-corrected chi connectivity index (χ1v) is 6.14. The van der Waals surface area contributed by atoms with Gasteiger partial charge in [-0.25, -0.2) is 9.97 Å². The van der Waals surface area contributed by atoms with Gasteiger partial charge in [-0.05, 0) is 41.1 Å². The highest BCUT2D eigenvalue weighted by molar-refractivity contribution is 9.10. The molecule has 16 heavy (non-hydrogen) atoms. The van der Waals surface area contributed by atoms with Crippen molar-refractivity contribution in [1.29, 1.82) is 0 Å². The maximum atomic E-state index is 9.41. The predicted octanol–water partition coefficient (Wildman–Crippen LogP) is 1.39. The molecule has 1 aromatic rings. The van der Waals surface area contributed by atoms with Gasteiger partial charge in [-0.1, -0.05) is 0 Å². The average Bonchev–Trinajstić information content (AvgIpc) is 2.67. The number of hydrogen-bond acceptors (Lipinski definition) is 5. The molecule has 0 saturated heterocycles. The molecular formula is C10H15BrN4O. The van der Waals surface area contributed by atoms with Crippen LogP contribution in [-0.4, -0.2) is 27.7 Å². The Balaban J connectivity index is 1.92. The van der Waals surface area contributed by atoms with Crippen LogP contribution in [0.4, 0.5) is 11.6 Å². The smallest absolute Gasteiger partial charge is 0.145 e. The fraction of sp³-hybridized carbons (Fsp3) is 0.600. The quantitative estimate of drug-likeness (QED) is 0.782. The Morgan fingerprint density at radius 1 is 1.50 bits per heavy atom. The third-order valence-corrected chi connectivity index (χ3v) is 3.67. The highest BCUT2D eigenvalue weighted by Crippen LogP contribution is 2.28. The van der Waals surface area contributed by atoms with Crippen LogP contribution in [0.3, 0.4) is 0 Å². The maximum Gasteiger partial charge on any atom is 0.145 e. The Morgan fingerprint density at radius 3 is 3.00 bits per heavy atom. The highest BCUT2D eigenvalue weighted by atomic mass is 79.9. The van der Waals surface area contributed by atoms with Gasteiger partial charge in [0, 0.05) is 6.54 Å². The number of nitrogens with two attached hydrogens (primary N) is 1. The summed E-state index contributed by atoms with van der Waals surface area (Å²) in [5.74, 6) is 1.66. The molecule has 1 fully saturated rings. The summed E-state index contributed by atoms with van der Waals surface area (Å²) >= 11 is 3.34.